The van der Waals surface area contributed by atoms with E-state index >= 15 is 0 Å². The Morgan fingerprint density at radius 1 is 1.32 bits per heavy atom. The number of carbonyl (C=O) groups excluding carboxylic acids is 1. The van der Waals surface area contributed by atoms with E-state index in [1.807, 2.05) is 20.8 Å². The maximum Gasteiger partial charge on any atom is 0.371 e. The Bertz CT molecular complexity index is 732. The van der Waals surface area contributed by atoms with Crippen LogP contribution < -0.4 is 0 Å². The van der Waals surface area contributed by atoms with E-state index in [2.05, 4.69) is 0 Å². The first kappa shape index (κ1) is 19.5. The number of furan rings is 1. The van der Waals surface area contributed by atoms with Crippen LogP contribution in [0.25, 0.3) is 0 Å². The molecule has 0 aliphatic carbocycles. The quantitative estimate of drug-likeness (QED) is 0.813. The molecule has 1 fully saturated rings. The summed E-state index contributed by atoms with van der Waals surface area (Å²) in [5.74, 6) is -1.88. The summed E-state index contributed by atoms with van der Waals surface area (Å²) in [6, 6.07) is 2.37. The lowest BCUT2D eigenvalue weighted by Crippen LogP contribution is -2.46. The minimum atomic E-state index is -3.89. The van der Waals surface area contributed by atoms with Crippen molar-refractivity contribution in [1.82, 2.24) is 9.21 Å². The standard InChI is InChI=1S/C16H24N2O6S/c1-4-18(11(2)3)15(19)12-7-9-17(10-8-12)25(22,23)14-6-5-13(24-14)16(20)21/h5-6,11-12H,4,7-10H2,1-3H3,(H,20,21). The van der Waals surface area contributed by atoms with Crippen molar-refractivity contribution < 1.29 is 27.5 Å². The highest BCUT2D eigenvalue weighted by Crippen LogP contribution is 2.26. The van der Waals surface area contributed by atoms with Crippen molar-refractivity contribution in [3.8, 4) is 0 Å². The summed E-state index contributed by atoms with van der Waals surface area (Å²) in [6.45, 7) is 6.87. The van der Waals surface area contributed by atoms with Crippen molar-refractivity contribution in [2.24, 2.45) is 5.92 Å². The van der Waals surface area contributed by atoms with Crippen molar-refractivity contribution in [2.45, 2.75) is 44.7 Å². The topological polar surface area (TPSA) is 108 Å². The van der Waals surface area contributed by atoms with Gasteiger partial charge in [0.15, 0.2) is 0 Å². The molecule has 1 aromatic rings. The summed E-state index contributed by atoms with van der Waals surface area (Å²) in [7, 11) is -3.89. The number of carbonyl (C=O) groups is 2. The molecule has 1 aliphatic heterocycles. The van der Waals surface area contributed by atoms with Gasteiger partial charge >= 0.3 is 5.97 Å². The Morgan fingerprint density at radius 2 is 1.92 bits per heavy atom. The lowest BCUT2D eigenvalue weighted by molar-refractivity contribution is -0.138. The molecule has 1 aliphatic rings. The predicted octanol–water partition coefficient (Wildman–Crippen LogP) is 1.64. The maximum absolute atomic E-state index is 12.5. The molecule has 0 unspecified atom stereocenters. The van der Waals surface area contributed by atoms with Gasteiger partial charge in [-0.3, -0.25) is 4.79 Å². The van der Waals surface area contributed by atoms with Gasteiger partial charge in [-0.25, -0.2) is 13.2 Å². The summed E-state index contributed by atoms with van der Waals surface area (Å²) >= 11 is 0. The first-order valence-electron chi connectivity index (χ1n) is 8.32. The van der Waals surface area contributed by atoms with Crippen LogP contribution in [0.4, 0.5) is 0 Å². The molecule has 1 saturated heterocycles. The Morgan fingerprint density at radius 3 is 2.36 bits per heavy atom. The number of piperidine rings is 1. The highest BCUT2D eigenvalue weighted by Gasteiger charge is 2.35. The van der Waals surface area contributed by atoms with Gasteiger partial charge in [0.1, 0.15) is 0 Å². The second kappa shape index (κ2) is 7.57. The molecule has 0 aromatic carbocycles. The predicted molar refractivity (Wildman–Crippen MR) is 89.7 cm³/mol. The monoisotopic (exact) mass is 372 g/mol. The van der Waals surface area contributed by atoms with Gasteiger partial charge in [0.2, 0.25) is 16.8 Å². The number of hydrogen-bond acceptors (Lipinski definition) is 5. The Balaban J connectivity index is 2.05. The van der Waals surface area contributed by atoms with Gasteiger partial charge < -0.3 is 14.4 Å². The van der Waals surface area contributed by atoms with E-state index in [1.54, 1.807) is 4.90 Å². The fourth-order valence-corrected chi connectivity index (χ4v) is 4.44. The van der Waals surface area contributed by atoms with Crippen LogP contribution in [0.2, 0.25) is 0 Å². The molecular weight excluding hydrogens is 348 g/mol. The molecule has 0 saturated carbocycles. The van der Waals surface area contributed by atoms with Crippen molar-refractivity contribution >= 4 is 21.9 Å². The average molecular weight is 372 g/mol. The summed E-state index contributed by atoms with van der Waals surface area (Å²) in [5.41, 5.74) is 0. The minimum absolute atomic E-state index is 0.0562. The van der Waals surface area contributed by atoms with Gasteiger partial charge in [0.25, 0.3) is 10.0 Å². The van der Waals surface area contributed by atoms with E-state index in [0.29, 0.717) is 19.4 Å². The van der Waals surface area contributed by atoms with E-state index in [1.165, 1.54) is 4.31 Å². The van der Waals surface area contributed by atoms with Gasteiger partial charge in [-0.15, -0.1) is 0 Å². The van der Waals surface area contributed by atoms with Crippen LogP contribution in [0.15, 0.2) is 21.6 Å². The van der Waals surface area contributed by atoms with Crippen LogP contribution in [0.5, 0.6) is 0 Å². The van der Waals surface area contributed by atoms with Crippen LogP contribution in [-0.4, -0.2) is 60.3 Å². The van der Waals surface area contributed by atoms with Crippen molar-refractivity contribution in [3.63, 3.8) is 0 Å². The second-order valence-electron chi connectivity index (χ2n) is 6.32. The molecule has 0 atom stereocenters. The molecule has 0 radical (unpaired) electrons. The number of nitrogens with zero attached hydrogens (tertiary/aromatic N) is 2. The molecule has 25 heavy (non-hydrogen) atoms. The number of rotatable bonds is 6. The van der Waals surface area contributed by atoms with Gasteiger partial charge in [-0.05, 0) is 45.7 Å². The van der Waals surface area contributed by atoms with Crippen LogP contribution in [0.3, 0.4) is 0 Å². The second-order valence-corrected chi connectivity index (χ2v) is 8.19. The molecule has 2 rings (SSSR count). The molecule has 8 nitrogen and oxygen atoms in total. The lowest BCUT2D eigenvalue weighted by atomic mass is 9.96. The third-order valence-corrected chi connectivity index (χ3v) is 6.21. The van der Waals surface area contributed by atoms with Crippen LogP contribution in [0, 0.1) is 5.92 Å². The van der Waals surface area contributed by atoms with E-state index in [0.717, 1.165) is 12.1 Å². The number of hydrogen-bond donors (Lipinski definition) is 1. The van der Waals surface area contributed by atoms with E-state index < -0.39 is 21.8 Å². The number of carboxylic acid groups (broad SMARTS) is 1. The molecule has 0 bridgehead atoms. The van der Waals surface area contributed by atoms with Crippen molar-refractivity contribution in [1.29, 1.82) is 0 Å². The van der Waals surface area contributed by atoms with E-state index in [9.17, 15) is 18.0 Å². The Kier molecular flexibility index (Phi) is 5.89. The molecule has 9 heteroatoms. The minimum Gasteiger partial charge on any atom is -0.475 e. The first-order chi connectivity index (χ1) is 11.7. The van der Waals surface area contributed by atoms with Crippen molar-refractivity contribution in [2.75, 3.05) is 19.6 Å². The van der Waals surface area contributed by atoms with Gasteiger partial charge in [-0.1, -0.05) is 0 Å². The Labute approximate surface area is 147 Å². The molecule has 2 heterocycles. The molecule has 140 valence electrons. The molecule has 1 amide bonds. The Hall–Kier alpha value is -1.87. The van der Waals surface area contributed by atoms with E-state index in [-0.39, 0.29) is 36.0 Å². The summed E-state index contributed by atoms with van der Waals surface area (Å²) in [5, 5.41) is 8.46. The maximum atomic E-state index is 12.5. The van der Waals surface area contributed by atoms with Gasteiger partial charge in [0.05, 0.1) is 0 Å². The first-order valence-corrected chi connectivity index (χ1v) is 9.76. The van der Waals surface area contributed by atoms with Gasteiger partial charge in [-0.2, -0.15) is 4.31 Å². The normalized spacial score (nSPS) is 17.0. The van der Waals surface area contributed by atoms with Crippen LogP contribution >= 0.6 is 0 Å². The number of carboxylic acids is 1. The van der Waals surface area contributed by atoms with Crippen molar-refractivity contribution in [3.05, 3.63) is 17.9 Å². The van der Waals surface area contributed by atoms with E-state index in [4.69, 9.17) is 9.52 Å². The number of sulfonamides is 1. The summed E-state index contributed by atoms with van der Waals surface area (Å²) in [4.78, 5) is 25.2. The number of aromatic carboxylic acids is 1. The highest BCUT2D eigenvalue weighted by molar-refractivity contribution is 7.89. The number of amides is 1. The molecule has 0 spiro atoms. The molecular formula is C16H24N2O6S. The average Bonchev–Trinajstić information content (AvgIpc) is 3.06. The highest BCUT2D eigenvalue weighted by atomic mass is 32.2. The zero-order valence-electron chi connectivity index (χ0n) is 14.6. The zero-order valence-corrected chi connectivity index (χ0v) is 15.5. The molecule has 1 aromatic heterocycles. The SMILES string of the molecule is CCN(C(=O)C1CCN(S(=O)(=O)c2ccc(C(=O)O)o2)CC1)C(C)C. The van der Waals surface area contributed by atoms with Crippen LogP contribution in [-0.2, 0) is 14.8 Å². The smallest absolute Gasteiger partial charge is 0.371 e. The summed E-state index contributed by atoms with van der Waals surface area (Å²) < 4.78 is 31.2. The molecule has 1 N–H and O–H groups in total. The lowest BCUT2D eigenvalue weighted by Gasteiger charge is -2.34. The van der Waals surface area contributed by atoms with Gasteiger partial charge in [0, 0.05) is 31.6 Å². The fourth-order valence-electron chi connectivity index (χ4n) is 3.05. The third-order valence-electron chi connectivity index (χ3n) is 4.44. The largest absolute Gasteiger partial charge is 0.475 e. The fraction of sp³-hybridized carbons (Fsp3) is 0.625. The van der Waals surface area contributed by atoms with Crippen LogP contribution in [0.1, 0.15) is 44.2 Å². The summed E-state index contributed by atoms with van der Waals surface area (Å²) in [6.07, 6.45) is 0.877. The third kappa shape index (κ3) is 4.04. The zero-order chi connectivity index (χ0) is 18.8.